The van der Waals surface area contributed by atoms with Crippen LogP contribution in [0.5, 0.6) is 5.75 Å². The van der Waals surface area contributed by atoms with Gasteiger partial charge in [-0.1, -0.05) is 120 Å². The summed E-state index contributed by atoms with van der Waals surface area (Å²) < 4.78 is 6.72. The van der Waals surface area contributed by atoms with E-state index in [9.17, 15) is 4.79 Å². The summed E-state index contributed by atoms with van der Waals surface area (Å²) in [4.78, 5) is 12.6. The van der Waals surface area contributed by atoms with E-state index in [1.165, 1.54) is 83.5 Å². The Bertz CT molecular complexity index is 589. The predicted octanol–water partition coefficient (Wildman–Crippen LogP) is 8.70. The quantitative estimate of drug-likeness (QED) is 0.195. The van der Waals surface area contributed by atoms with Crippen LogP contribution >= 0.6 is 15.9 Å². The van der Waals surface area contributed by atoms with E-state index in [2.05, 4.69) is 42.0 Å². The van der Waals surface area contributed by atoms with Gasteiger partial charge in [0.1, 0.15) is 5.75 Å². The van der Waals surface area contributed by atoms with Gasteiger partial charge in [-0.25, -0.2) is 0 Å². The van der Waals surface area contributed by atoms with Gasteiger partial charge in [0, 0.05) is 11.0 Å². The summed E-state index contributed by atoms with van der Waals surface area (Å²) in [5.74, 6) is 1.04. The van der Waals surface area contributed by atoms with Gasteiger partial charge in [0.15, 0.2) is 0 Å². The first-order chi connectivity index (χ1) is 15.0. The van der Waals surface area contributed by atoms with Crippen molar-refractivity contribution in [3.63, 3.8) is 0 Å². The van der Waals surface area contributed by atoms with Crippen molar-refractivity contribution >= 4 is 21.8 Å². The van der Waals surface area contributed by atoms with E-state index < -0.39 is 0 Å². The molecule has 0 radical (unpaired) electrons. The molecule has 1 N–H and O–H groups in total. The Labute approximate surface area is 200 Å². The smallest absolute Gasteiger partial charge is 0.255 e. The molecule has 4 heteroatoms. The molecule has 0 spiro atoms. The van der Waals surface area contributed by atoms with Crippen LogP contribution in [0.2, 0.25) is 0 Å². The molecular weight excluding hydrogens is 450 g/mol. The van der Waals surface area contributed by atoms with Gasteiger partial charge in [0.2, 0.25) is 0 Å². The monoisotopic (exact) mass is 495 g/mol. The Morgan fingerprint density at radius 2 is 1.39 bits per heavy atom. The van der Waals surface area contributed by atoms with Crippen molar-refractivity contribution in [1.29, 1.82) is 0 Å². The zero-order chi connectivity index (χ0) is 22.7. The molecule has 0 aromatic heterocycles. The first kappa shape index (κ1) is 28.0. The van der Waals surface area contributed by atoms with E-state index in [1.54, 1.807) is 0 Å². The van der Waals surface area contributed by atoms with Gasteiger partial charge in [-0.2, -0.15) is 0 Å². The number of rotatable bonds is 19. The Hall–Kier alpha value is -1.03. The molecule has 178 valence electrons. The van der Waals surface area contributed by atoms with Gasteiger partial charge in [0.05, 0.1) is 12.2 Å². The van der Waals surface area contributed by atoms with Crippen molar-refractivity contribution in [2.45, 2.75) is 111 Å². The summed E-state index contributed by atoms with van der Waals surface area (Å²) in [6, 6.07) is 5.63. The van der Waals surface area contributed by atoms with Gasteiger partial charge in [-0.05, 0) is 30.5 Å². The summed E-state index contributed by atoms with van der Waals surface area (Å²) in [7, 11) is 0. The average Bonchev–Trinajstić information content (AvgIpc) is 2.75. The molecule has 0 saturated heterocycles. The lowest BCUT2D eigenvalue weighted by atomic mass is 10.0. The Balaban J connectivity index is 2.05. The zero-order valence-corrected chi connectivity index (χ0v) is 21.9. The van der Waals surface area contributed by atoms with Crippen LogP contribution in [0.4, 0.5) is 0 Å². The fourth-order valence-corrected chi connectivity index (χ4v) is 4.04. The van der Waals surface area contributed by atoms with Crippen LogP contribution in [-0.4, -0.2) is 19.1 Å². The average molecular weight is 497 g/mol. The van der Waals surface area contributed by atoms with E-state index in [1.807, 2.05) is 18.2 Å². The lowest BCUT2D eigenvalue weighted by molar-refractivity contribution is 0.0948. The standard InChI is InChI=1S/C27H46BrNO2/c1-4-5-6-7-8-9-10-11-12-13-14-15-16-17-20-29-27(30)25-21-24(28)18-19-26(25)31-22-23(2)3/h18-19,21,23H,4-17,20,22H2,1-3H3,(H,29,30). The molecule has 0 aliphatic carbocycles. The number of ether oxygens (including phenoxy) is 1. The van der Waals surface area contributed by atoms with Crippen molar-refractivity contribution in [2.24, 2.45) is 5.92 Å². The second-order valence-electron chi connectivity index (χ2n) is 9.20. The minimum Gasteiger partial charge on any atom is -0.492 e. The fraction of sp³-hybridized carbons (Fsp3) is 0.741. The summed E-state index contributed by atoms with van der Waals surface area (Å²) in [5, 5.41) is 3.06. The van der Waals surface area contributed by atoms with Gasteiger partial charge >= 0.3 is 0 Å². The van der Waals surface area contributed by atoms with Gasteiger partial charge in [-0.15, -0.1) is 0 Å². The predicted molar refractivity (Wildman–Crippen MR) is 137 cm³/mol. The van der Waals surface area contributed by atoms with Gasteiger partial charge < -0.3 is 10.1 Å². The molecule has 0 aliphatic rings. The molecule has 0 saturated carbocycles. The van der Waals surface area contributed by atoms with E-state index in [0.29, 0.717) is 23.8 Å². The second-order valence-corrected chi connectivity index (χ2v) is 10.1. The number of carbonyl (C=O) groups is 1. The zero-order valence-electron chi connectivity index (χ0n) is 20.3. The number of amides is 1. The molecule has 0 bridgehead atoms. The maximum atomic E-state index is 12.6. The molecule has 3 nitrogen and oxygen atoms in total. The Kier molecular flexibility index (Phi) is 16.7. The second kappa shape index (κ2) is 18.5. The number of hydrogen-bond donors (Lipinski definition) is 1. The third kappa shape index (κ3) is 14.6. The number of carbonyl (C=O) groups excluding carboxylic acids is 1. The van der Waals surface area contributed by atoms with Crippen molar-refractivity contribution in [1.82, 2.24) is 5.32 Å². The number of hydrogen-bond acceptors (Lipinski definition) is 2. The normalized spacial score (nSPS) is 11.1. The van der Waals surface area contributed by atoms with Gasteiger partial charge in [-0.3, -0.25) is 4.79 Å². The van der Waals surface area contributed by atoms with Crippen LogP contribution in [0, 0.1) is 5.92 Å². The molecule has 1 amide bonds. The maximum absolute atomic E-state index is 12.6. The SMILES string of the molecule is CCCCCCCCCCCCCCCCNC(=O)c1cc(Br)ccc1OCC(C)C. The third-order valence-electron chi connectivity index (χ3n) is 5.57. The Morgan fingerprint density at radius 1 is 0.871 bits per heavy atom. The van der Waals surface area contributed by atoms with Crippen LogP contribution in [0.1, 0.15) is 121 Å². The summed E-state index contributed by atoms with van der Waals surface area (Å²) in [5.41, 5.74) is 0.611. The third-order valence-corrected chi connectivity index (χ3v) is 6.07. The van der Waals surface area contributed by atoms with Crippen LogP contribution in [-0.2, 0) is 0 Å². The minimum absolute atomic E-state index is 0.0465. The minimum atomic E-state index is -0.0465. The molecule has 0 heterocycles. The highest BCUT2D eigenvalue weighted by Gasteiger charge is 2.13. The topological polar surface area (TPSA) is 38.3 Å². The molecule has 31 heavy (non-hydrogen) atoms. The number of halogens is 1. The van der Waals surface area contributed by atoms with Crippen molar-refractivity contribution in [2.75, 3.05) is 13.2 Å². The maximum Gasteiger partial charge on any atom is 0.255 e. The molecule has 0 atom stereocenters. The summed E-state index contributed by atoms with van der Waals surface area (Å²) >= 11 is 3.46. The van der Waals surface area contributed by atoms with Crippen LogP contribution in [0.15, 0.2) is 22.7 Å². The lowest BCUT2D eigenvalue weighted by Crippen LogP contribution is -2.25. The molecule has 1 aromatic carbocycles. The highest BCUT2D eigenvalue weighted by atomic mass is 79.9. The summed E-state index contributed by atoms with van der Waals surface area (Å²) in [6.45, 7) is 7.83. The van der Waals surface area contributed by atoms with E-state index >= 15 is 0 Å². The molecule has 1 aromatic rings. The lowest BCUT2D eigenvalue weighted by Gasteiger charge is -2.13. The highest BCUT2D eigenvalue weighted by molar-refractivity contribution is 9.10. The van der Waals surface area contributed by atoms with Crippen LogP contribution in [0.3, 0.4) is 0 Å². The van der Waals surface area contributed by atoms with Crippen LogP contribution in [0.25, 0.3) is 0 Å². The molecule has 1 rings (SSSR count). The number of benzene rings is 1. The highest BCUT2D eigenvalue weighted by Crippen LogP contribution is 2.24. The van der Waals surface area contributed by atoms with Crippen molar-refractivity contribution in [3.8, 4) is 5.75 Å². The molecular formula is C27H46BrNO2. The first-order valence-electron chi connectivity index (χ1n) is 12.7. The van der Waals surface area contributed by atoms with E-state index in [-0.39, 0.29) is 5.91 Å². The summed E-state index contributed by atoms with van der Waals surface area (Å²) in [6.07, 6.45) is 18.8. The van der Waals surface area contributed by atoms with Crippen molar-refractivity contribution in [3.05, 3.63) is 28.2 Å². The fourth-order valence-electron chi connectivity index (χ4n) is 3.68. The first-order valence-corrected chi connectivity index (χ1v) is 13.5. The van der Waals surface area contributed by atoms with E-state index in [4.69, 9.17) is 4.74 Å². The number of unbranched alkanes of at least 4 members (excludes halogenated alkanes) is 13. The van der Waals surface area contributed by atoms with Crippen LogP contribution < -0.4 is 10.1 Å². The van der Waals surface area contributed by atoms with E-state index in [0.717, 1.165) is 17.4 Å². The van der Waals surface area contributed by atoms with Gasteiger partial charge in [0.25, 0.3) is 5.91 Å². The molecule has 0 unspecified atom stereocenters. The van der Waals surface area contributed by atoms with Crippen molar-refractivity contribution < 1.29 is 9.53 Å². The Morgan fingerprint density at radius 3 is 1.90 bits per heavy atom. The molecule has 0 aliphatic heterocycles. The number of nitrogens with one attached hydrogen (secondary N) is 1. The molecule has 0 fully saturated rings. The largest absolute Gasteiger partial charge is 0.492 e.